The molecule has 0 aromatic carbocycles. The Labute approximate surface area is 109 Å². The van der Waals surface area contributed by atoms with Gasteiger partial charge in [0.25, 0.3) is 0 Å². The predicted molar refractivity (Wildman–Crippen MR) is 69.4 cm³/mol. The van der Waals surface area contributed by atoms with Crippen molar-refractivity contribution in [2.45, 2.75) is 50.2 Å². The monoisotopic (exact) mass is 278 g/mol. The predicted octanol–water partition coefficient (Wildman–Crippen LogP) is 1.27. The van der Waals surface area contributed by atoms with Crippen LogP contribution in [0.1, 0.15) is 38.5 Å². The van der Waals surface area contributed by atoms with Crippen molar-refractivity contribution in [2.24, 2.45) is 11.7 Å². The highest BCUT2D eigenvalue weighted by Gasteiger charge is 2.41. The topological polar surface area (TPSA) is 63.4 Å². The van der Waals surface area contributed by atoms with Crippen molar-refractivity contribution in [1.82, 2.24) is 4.31 Å². The molecule has 3 unspecified atom stereocenters. The Morgan fingerprint density at radius 3 is 2.72 bits per heavy atom. The van der Waals surface area contributed by atoms with Gasteiger partial charge < -0.3 is 5.73 Å². The van der Waals surface area contributed by atoms with Gasteiger partial charge in [-0.3, -0.25) is 0 Å². The van der Waals surface area contributed by atoms with Gasteiger partial charge in [0, 0.05) is 19.1 Å². The highest BCUT2D eigenvalue weighted by Crippen LogP contribution is 2.40. The molecule has 0 spiro atoms. The molecular weight excluding hydrogens is 255 g/mol. The molecule has 0 radical (unpaired) electrons. The fourth-order valence-corrected chi connectivity index (χ4v) is 4.26. The van der Waals surface area contributed by atoms with Gasteiger partial charge >= 0.3 is 0 Å². The van der Waals surface area contributed by atoms with Crippen LogP contribution in [-0.2, 0) is 10.0 Å². The number of rotatable bonds is 3. The molecule has 2 fully saturated rings. The third kappa shape index (κ3) is 3.42. The van der Waals surface area contributed by atoms with E-state index in [1.54, 1.807) is 0 Å². The lowest BCUT2D eigenvalue weighted by atomic mass is 9.86. The summed E-state index contributed by atoms with van der Waals surface area (Å²) in [6.45, 7) is 1.05. The smallest absolute Gasteiger partial charge is 0.211 e. The first-order valence-corrected chi connectivity index (χ1v) is 8.53. The number of nitrogens with zero attached hydrogens (tertiary/aromatic N) is 1. The molecule has 1 aliphatic carbocycles. The second-order valence-electron chi connectivity index (χ2n) is 5.99. The maximum Gasteiger partial charge on any atom is 0.211 e. The van der Waals surface area contributed by atoms with Gasteiger partial charge in [0.2, 0.25) is 10.0 Å². The molecule has 18 heavy (non-hydrogen) atoms. The molecule has 6 heteroatoms. The minimum Gasteiger partial charge on any atom is -0.328 e. The Morgan fingerprint density at radius 1 is 1.44 bits per heavy atom. The van der Waals surface area contributed by atoms with Gasteiger partial charge in [0.15, 0.2) is 0 Å². The Balaban J connectivity index is 1.94. The first-order valence-electron chi connectivity index (χ1n) is 6.68. The maximum atomic E-state index is 14.5. The maximum absolute atomic E-state index is 14.5. The number of hydrogen-bond acceptors (Lipinski definition) is 3. The second kappa shape index (κ2) is 5.06. The lowest BCUT2D eigenvalue weighted by Crippen LogP contribution is -2.41. The normalized spacial score (nSPS) is 39.1. The summed E-state index contributed by atoms with van der Waals surface area (Å²) in [7, 11) is -3.14. The van der Waals surface area contributed by atoms with Crippen LogP contribution in [0.5, 0.6) is 0 Å². The van der Waals surface area contributed by atoms with Gasteiger partial charge in [-0.1, -0.05) is 0 Å². The summed E-state index contributed by atoms with van der Waals surface area (Å²) in [6.07, 6.45) is 5.16. The molecule has 2 N–H and O–H groups in total. The Bertz CT molecular complexity index is 401. The van der Waals surface area contributed by atoms with Crippen LogP contribution < -0.4 is 5.73 Å². The zero-order valence-electron chi connectivity index (χ0n) is 10.9. The van der Waals surface area contributed by atoms with Gasteiger partial charge in [0.05, 0.1) is 6.26 Å². The van der Waals surface area contributed by atoms with Gasteiger partial charge in [-0.2, -0.15) is 0 Å². The summed E-state index contributed by atoms with van der Waals surface area (Å²) in [5.41, 5.74) is 4.60. The minimum atomic E-state index is -3.14. The average Bonchev–Trinajstić information content (AvgIpc) is 2.57. The number of nitrogens with two attached hydrogens (primary N) is 1. The number of halogens is 1. The summed E-state index contributed by atoms with van der Waals surface area (Å²) in [5.74, 6) is 0.142. The van der Waals surface area contributed by atoms with Crippen LogP contribution in [0.25, 0.3) is 0 Å². The lowest BCUT2D eigenvalue weighted by Gasteiger charge is -2.34. The van der Waals surface area contributed by atoms with Crippen molar-refractivity contribution in [1.29, 1.82) is 0 Å². The summed E-state index contributed by atoms with van der Waals surface area (Å²) < 4.78 is 39.0. The van der Waals surface area contributed by atoms with Crippen LogP contribution >= 0.6 is 0 Å². The van der Waals surface area contributed by atoms with E-state index in [0.717, 1.165) is 19.3 Å². The summed E-state index contributed by atoms with van der Waals surface area (Å²) in [5, 5.41) is 0. The molecule has 1 saturated heterocycles. The van der Waals surface area contributed by atoms with E-state index in [1.807, 2.05) is 0 Å². The van der Waals surface area contributed by atoms with Crippen LogP contribution in [-0.4, -0.2) is 43.8 Å². The fourth-order valence-electron chi connectivity index (χ4n) is 3.32. The fraction of sp³-hybridized carbons (Fsp3) is 1.00. The van der Waals surface area contributed by atoms with E-state index >= 15 is 0 Å². The molecule has 0 amide bonds. The van der Waals surface area contributed by atoms with Crippen molar-refractivity contribution < 1.29 is 12.8 Å². The van der Waals surface area contributed by atoms with E-state index in [0.29, 0.717) is 32.4 Å². The highest BCUT2D eigenvalue weighted by atomic mass is 32.2. The number of piperidine rings is 1. The molecule has 2 rings (SSSR count). The Morgan fingerprint density at radius 2 is 2.17 bits per heavy atom. The van der Waals surface area contributed by atoms with E-state index in [9.17, 15) is 12.8 Å². The van der Waals surface area contributed by atoms with Crippen molar-refractivity contribution in [3.63, 3.8) is 0 Å². The third-order valence-electron chi connectivity index (χ3n) is 4.20. The first-order chi connectivity index (χ1) is 8.28. The van der Waals surface area contributed by atoms with Crippen LogP contribution in [0.3, 0.4) is 0 Å². The SMILES string of the molecule is CS(=O)(=O)N1CCCC(CC2(F)CCC(N)C2)C1. The van der Waals surface area contributed by atoms with Crippen LogP contribution in [0.4, 0.5) is 4.39 Å². The zero-order valence-corrected chi connectivity index (χ0v) is 11.8. The van der Waals surface area contributed by atoms with Gasteiger partial charge in [-0.05, 0) is 44.4 Å². The molecular formula is C12H23FN2O2S. The highest BCUT2D eigenvalue weighted by molar-refractivity contribution is 7.88. The molecule has 1 heterocycles. The third-order valence-corrected chi connectivity index (χ3v) is 5.47. The summed E-state index contributed by atoms with van der Waals surface area (Å²) in [6, 6.07) is -0.0235. The molecule has 3 atom stereocenters. The number of hydrogen-bond donors (Lipinski definition) is 1. The van der Waals surface area contributed by atoms with Crippen LogP contribution in [0.15, 0.2) is 0 Å². The zero-order chi connectivity index (χ0) is 13.4. The van der Waals surface area contributed by atoms with Gasteiger partial charge in [-0.15, -0.1) is 0 Å². The molecule has 1 aliphatic heterocycles. The first kappa shape index (κ1) is 14.2. The summed E-state index contributed by atoms with van der Waals surface area (Å²) in [4.78, 5) is 0. The molecule has 2 aliphatic rings. The molecule has 4 nitrogen and oxygen atoms in total. The van der Waals surface area contributed by atoms with Crippen molar-refractivity contribution in [3.8, 4) is 0 Å². The van der Waals surface area contributed by atoms with E-state index in [-0.39, 0.29) is 12.0 Å². The molecule has 0 aromatic rings. The van der Waals surface area contributed by atoms with Crippen molar-refractivity contribution in [3.05, 3.63) is 0 Å². The Hall–Kier alpha value is -0.200. The molecule has 106 valence electrons. The standard InChI is InChI=1S/C12H23FN2O2S/c1-18(16,17)15-6-2-3-10(9-15)7-12(13)5-4-11(14)8-12/h10-11H,2-9,14H2,1H3. The number of sulfonamides is 1. The summed E-state index contributed by atoms with van der Waals surface area (Å²) >= 11 is 0. The Kier molecular flexibility index (Phi) is 3.99. The quantitative estimate of drug-likeness (QED) is 0.845. The largest absolute Gasteiger partial charge is 0.328 e. The van der Waals surface area contributed by atoms with Crippen LogP contribution in [0.2, 0.25) is 0 Å². The van der Waals surface area contributed by atoms with Crippen LogP contribution in [0, 0.1) is 5.92 Å². The molecule has 0 bridgehead atoms. The number of alkyl halides is 1. The van der Waals surface area contributed by atoms with Crippen molar-refractivity contribution >= 4 is 10.0 Å². The van der Waals surface area contributed by atoms with E-state index in [4.69, 9.17) is 5.73 Å². The molecule has 1 saturated carbocycles. The second-order valence-corrected chi connectivity index (χ2v) is 7.97. The van der Waals surface area contributed by atoms with Gasteiger partial charge in [-0.25, -0.2) is 17.1 Å². The van der Waals surface area contributed by atoms with E-state index in [2.05, 4.69) is 0 Å². The minimum absolute atomic E-state index is 0.0235. The lowest BCUT2D eigenvalue weighted by molar-refractivity contribution is 0.107. The van der Waals surface area contributed by atoms with Gasteiger partial charge in [0.1, 0.15) is 5.67 Å². The van der Waals surface area contributed by atoms with E-state index < -0.39 is 15.7 Å². The molecule has 0 aromatic heterocycles. The average molecular weight is 278 g/mol. The van der Waals surface area contributed by atoms with E-state index in [1.165, 1.54) is 10.6 Å². The van der Waals surface area contributed by atoms with Crippen molar-refractivity contribution in [2.75, 3.05) is 19.3 Å².